The third-order valence-electron chi connectivity index (χ3n) is 6.06. The average Bonchev–Trinajstić information content (AvgIpc) is 2.79. The largest absolute Gasteiger partial charge is 0.394 e. The second-order valence-electron chi connectivity index (χ2n) is 8.32. The van der Waals surface area contributed by atoms with Crippen LogP contribution in [-0.4, -0.2) is 156 Å². The van der Waals surface area contributed by atoms with Crippen molar-refractivity contribution >= 4 is 0 Å². The number of aliphatic hydroxyl groups is 10. The van der Waals surface area contributed by atoms with Gasteiger partial charge in [-0.15, -0.1) is 0 Å². The van der Waals surface area contributed by atoms with Crippen molar-refractivity contribution in [2.24, 2.45) is 0 Å². The molecule has 1 unspecified atom stereocenters. The summed E-state index contributed by atoms with van der Waals surface area (Å²) < 4.78 is 26.7. The maximum Gasteiger partial charge on any atom is 0.187 e. The second-order valence-corrected chi connectivity index (χ2v) is 8.32. The first-order chi connectivity index (χ1) is 15.5. The Bertz CT molecular complexity index is 626. The highest BCUT2D eigenvalue weighted by Gasteiger charge is 2.53. The smallest absolute Gasteiger partial charge is 0.187 e. The van der Waals surface area contributed by atoms with Crippen LogP contribution in [0.25, 0.3) is 0 Å². The van der Waals surface area contributed by atoms with Gasteiger partial charge < -0.3 is 74.7 Å². The van der Waals surface area contributed by atoms with Crippen molar-refractivity contribution in [2.75, 3.05) is 13.2 Å². The zero-order valence-electron chi connectivity index (χ0n) is 17.6. The molecule has 0 spiro atoms. The van der Waals surface area contributed by atoms with E-state index in [1.807, 2.05) is 0 Å². The van der Waals surface area contributed by atoms with Crippen molar-refractivity contribution in [2.45, 2.75) is 99.0 Å². The lowest BCUT2D eigenvalue weighted by Gasteiger charge is -2.48. The Morgan fingerprint density at radius 1 is 0.545 bits per heavy atom. The van der Waals surface area contributed by atoms with Crippen LogP contribution in [0.3, 0.4) is 0 Å². The zero-order valence-corrected chi connectivity index (χ0v) is 17.6. The van der Waals surface area contributed by atoms with Gasteiger partial charge in [-0.2, -0.15) is 0 Å². The van der Waals surface area contributed by atoms with Gasteiger partial charge in [0.15, 0.2) is 18.9 Å². The molecule has 3 fully saturated rings. The third-order valence-corrected chi connectivity index (χ3v) is 6.06. The van der Waals surface area contributed by atoms with Crippen molar-refractivity contribution in [1.29, 1.82) is 0 Å². The van der Waals surface area contributed by atoms with Gasteiger partial charge in [0.25, 0.3) is 0 Å². The number of ether oxygens (including phenoxy) is 5. The van der Waals surface area contributed by atoms with Crippen LogP contribution in [0.2, 0.25) is 0 Å². The molecule has 0 aromatic rings. The van der Waals surface area contributed by atoms with E-state index in [9.17, 15) is 51.1 Å². The molecule has 0 radical (unpaired) electrons. The summed E-state index contributed by atoms with van der Waals surface area (Å²) in [6, 6.07) is 0. The van der Waals surface area contributed by atoms with Crippen LogP contribution in [0, 0.1) is 0 Å². The first kappa shape index (κ1) is 27.0. The van der Waals surface area contributed by atoms with Crippen LogP contribution in [0.15, 0.2) is 0 Å². The van der Waals surface area contributed by atoms with Crippen LogP contribution in [0.4, 0.5) is 0 Å². The standard InChI is InChI=1S/C18H32O15/c1-4-7(21)10(24)12(26)17(29-4)33-15-11(25)8(22)5(2-19)31-18(15)32-14-9(23)6(3-20)30-16(28)13(14)27/h4-28H,2-3H2,1H3/t4-,5+,6+,7-,8+,9+,10+,11-,12+,13+,14-,15+,16?,17-,18-/m0/s1. The van der Waals surface area contributed by atoms with Crippen LogP contribution in [0.5, 0.6) is 0 Å². The predicted octanol–water partition coefficient (Wildman–Crippen LogP) is -6.55. The highest BCUT2D eigenvalue weighted by atomic mass is 16.8. The minimum atomic E-state index is -1.86. The Hall–Kier alpha value is -0.600. The van der Waals surface area contributed by atoms with E-state index in [0.29, 0.717) is 0 Å². The fourth-order valence-electron chi connectivity index (χ4n) is 3.97. The molecule has 0 amide bonds. The van der Waals surface area contributed by atoms with Crippen molar-refractivity contribution in [3.63, 3.8) is 0 Å². The van der Waals surface area contributed by atoms with E-state index >= 15 is 0 Å². The summed E-state index contributed by atoms with van der Waals surface area (Å²) in [5.41, 5.74) is 0. The lowest BCUT2D eigenvalue weighted by atomic mass is 9.96. The summed E-state index contributed by atoms with van der Waals surface area (Å²) in [4.78, 5) is 0. The van der Waals surface area contributed by atoms with Gasteiger partial charge in [0, 0.05) is 0 Å². The molecule has 0 aliphatic carbocycles. The molecule has 0 aromatic heterocycles. The highest BCUT2D eigenvalue weighted by Crippen LogP contribution is 2.32. The topological polar surface area (TPSA) is 248 Å². The highest BCUT2D eigenvalue weighted by molar-refractivity contribution is 4.95. The predicted molar refractivity (Wildman–Crippen MR) is 99.8 cm³/mol. The SMILES string of the molecule is C[C@@H]1O[C@@H](O[C@H]2[C@H](O[C@H]3[C@H](O)[C@@H](CO)OC(O)[C@@H]3O)O[C@H](CO)[C@@H](O)[C@@H]2O)[C@H](O)[C@H](O)[C@H]1O. The molecule has 0 bridgehead atoms. The Morgan fingerprint density at radius 3 is 1.73 bits per heavy atom. The van der Waals surface area contributed by atoms with Crippen molar-refractivity contribution in [1.82, 2.24) is 0 Å². The Labute approximate surface area is 187 Å². The Morgan fingerprint density at radius 2 is 1.12 bits per heavy atom. The van der Waals surface area contributed by atoms with Crippen molar-refractivity contribution < 1.29 is 74.7 Å². The summed E-state index contributed by atoms with van der Waals surface area (Å²) >= 11 is 0. The molecule has 3 saturated heterocycles. The van der Waals surface area contributed by atoms with Gasteiger partial charge in [-0.05, 0) is 6.92 Å². The van der Waals surface area contributed by atoms with Crippen LogP contribution < -0.4 is 0 Å². The van der Waals surface area contributed by atoms with E-state index in [1.54, 1.807) is 0 Å². The van der Waals surface area contributed by atoms with Gasteiger partial charge in [-0.3, -0.25) is 0 Å². The zero-order chi connectivity index (χ0) is 24.6. The van der Waals surface area contributed by atoms with Crippen LogP contribution in [-0.2, 0) is 23.7 Å². The second kappa shape index (κ2) is 11.0. The maximum absolute atomic E-state index is 10.6. The molecule has 3 rings (SSSR count). The van der Waals surface area contributed by atoms with Crippen LogP contribution in [0.1, 0.15) is 6.92 Å². The molecule has 15 atom stereocenters. The number of rotatable bonds is 6. The molecule has 3 aliphatic heterocycles. The van der Waals surface area contributed by atoms with Gasteiger partial charge in [0.2, 0.25) is 0 Å². The van der Waals surface area contributed by atoms with E-state index in [2.05, 4.69) is 0 Å². The summed E-state index contributed by atoms with van der Waals surface area (Å²) in [6.07, 6.45) is -24.2. The molecule has 3 heterocycles. The molecule has 0 saturated carbocycles. The summed E-state index contributed by atoms with van der Waals surface area (Å²) in [5, 5.41) is 100. The summed E-state index contributed by atoms with van der Waals surface area (Å²) in [7, 11) is 0. The van der Waals surface area contributed by atoms with Gasteiger partial charge in [-0.25, -0.2) is 0 Å². The minimum Gasteiger partial charge on any atom is -0.394 e. The number of hydrogen-bond donors (Lipinski definition) is 10. The molecule has 3 aliphatic rings. The summed E-state index contributed by atoms with van der Waals surface area (Å²) in [5.74, 6) is 0. The molecular weight excluding hydrogens is 456 g/mol. The average molecular weight is 488 g/mol. The third kappa shape index (κ3) is 5.32. The minimum absolute atomic E-state index is 0.739. The van der Waals surface area contributed by atoms with E-state index in [4.69, 9.17) is 23.7 Å². The maximum atomic E-state index is 10.6. The van der Waals surface area contributed by atoms with Crippen molar-refractivity contribution in [3.05, 3.63) is 0 Å². The first-order valence-corrected chi connectivity index (χ1v) is 10.4. The Kier molecular flexibility index (Phi) is 8.99. The lowest BCUT2D eigenvalue weighted by molar-refractivity contribution is -0.386. The molecule has 15 heteroatoms. The van der Waals surface area contributed by atoms with Gasteiger partial charge in [0.1, 0.15) is 67.1 Å². The molecule has 194 valence electrons. The summed E-state index contributed by atoms with van der Waals surface area (Å²) in [6.45, 7) is -0.118. The van der Waals surface area contributed by atoms with Gasteiger partial charge in [0.05, 0.1) is 19.3 Å². The van der Waals surface area contributed by atoms with E-state index in [0.717, 1.165) is 0 Å². The first-order valence-electron chi connectivity index (χ1n) is 10.4. The lowest BCUT2D eigenvalue weighted by Crippen LogP contribution is -2.66. The fourth-order valence-corrected chi connectivity index (χ4v) is 3.97. The molecular formula is C18H32O15. The fraction of sp³-hybridized carbons (Fsp3) is 1.00. The van der Waals surface area contributed by atoms with Gasteiger partial charge >= 0.3 is 0 Å². The quantitative estimate of drug-likeness (QED) is 0.167. The normalized spacial score (nSPS) is 53.7. The van der Waals surface area contributed by atoms with Crippen molar-refractivity contribution in [3.8, 4) is 0 Å². The van der Waals surface area contributed by atoms with Crippen LogP contribution >= 0.6 is 0 Å². The monoisotopic (exact) mass is 488 g/mol. The number of hydrogen-bond acceptors (Lipinski definition) is 15. The molecule has 0 aromatic carbocycles. The number of aliphatic hydroxyl groups excluding tert-OH is 10. The molecule has 10 N–H and O–H groups in total. The molecule has 15 nitrogen and oxygen atoms in total. The molecule has 33 heavy (non-hydrogen) atoms. The van der Waals surface area contributed by atoms with E-state index in [1.165, 1.54) is 6.92 Å². The van der Waals surface area contributed by atoms with E-state index in [-0.39, 0.29) is 0 Å². The van der Waals surface area contributed by atoms with E-state index < -0.39 is 105 Å². The van der Waals surface area contributed by atoms with Gasteiger partial charge in [-0.1, -0.05) is 0 Å². The Balaban J connectivity index is 1.83.